The van der Waals surface area contributed by atoms with Crippen molar-refractivity contribution in [2.24, 2.45) is 0 Å². The minimum absolute atomic E-state index is 0.0434. The highest BCUT2D eigenvalue weighted by atomic mass is 79.9. The summed E-state index contributed by atoms with van der Waals surface area (Å²) in [5, 5.41) is 3.08. The van der Waals surface area contributed by atoms with E-state index in [9.17, 15) is 13.2 Å². The Morgan fingerprint density at radius 2 is 2.22 bits per heavy atom. The van der Waals surface area contributed by atoms with E-state index in [1.54, 1.807) is 0 Å². The number of ether oxygens (including phenoxy) is 1. The zero-order chi connectivity index (χ0) is 16.4. The quantitative estimate of drug-likeness (QED) is 0.810. The van der Waals surface area contributed by atoms with Crippen LogP contribution in [0.5, 0.6) is 5.75 Å². The molecule has 1 saturated heterocycles. The van der Waals surface area contributed by atoms with E-state index >= 15 is 0 Å². The van der Waals surface area contributed by atoms with Crippen LogP contribution in [-0.2, 0) is 14.6 Å². The molecule has 1 fully saturated rings. The van der Waals surface area contributed by atoms with Crippen LogP contribution in [0, 0.1) is 0 Å². The number of hydrogen-bond donors (Lipinski definition) is 1. The second kappa shape index (κ2) is 7.03. The molecule has 2 aliphatic heterocycles. The van der Waals surface area contributed by atoms with Gasteiger partial charge in [0.05, 0.1) is 29.9 Å². The van der Waals surface area contributed by atoms with Crippen LogP contribution in [-0.4, -0.2) is 43.4 Å². The van der Waals surface area contributed by atoms with Crippen LogP contribution in [0.2, 0.25) is 0 Å². The second-order valence-electron chi connectivity index (χ2n) is 5.78. The first-order chi connectivity index (χ1) is 10.9. The zero-order valence-corrected chi connectivity index (χ0v) is 15.7. The SMILES string of the molecule is O=C(CSC1CCS(=O)(=O)C1)NC1CCOc2ccc(Br)cc21. The van der Waals surface area contributed by atoms with Gasteiger partial charge < -0.3 is 10.1 Å². The lowest BCUT2D eigenvalue weighted by Crippen LogP contribution is -2.33. The highest BCUT2D eigenvalue weighted by Crippen LogP contribution is 2.34. The third-order valence-corrected chi connectivity index (χ3v) is 7.76. The number of hydrogen-bond acceptors (Lipinski definition) is 5. The molecule has 0 spiro atoms. The molecule has 2 atom stereocenters. The average Bonchev–Trinajstić information content (AvgIpc) is 2.85. The van der Waals surface area contributed by atoms with E-state index in [0.717, 1.165) is 22.2 Å². The van der Waals surface area contributed by atoms with Gasteiger partial charge in [0.2, 0.25) is 5.91 Å². The molecule has 126 valence electrons. The maximum atomic E-state index is 12.2. The molecule has 1 N–H and O–H groups in total. The van der Waals surface area contributed by atoms with Crippen molar-refractivity contribution in [3.05, 3.63) is 28.2 Å². The molecule has 0 aromatic heterocycles. The molecule has 2 heterocycles. The number of amides is 1. The van der Waals surface area contributed by atoms with Gasteiger partial charge in [0.15, 0.2) is 9.84 Å². The van der Waals surface area contributed by atoms with Crippen molar-refractivity contribution in [2.75, 3.05) is 23.9 Å². The van der Waals surface area contributed by atoms with Crippen LogP contribution in [0.3, 0.4) is 0 Å². The van der Waals surface area contributed by atoms with E-state index in [-0.39, 0.29) is 28.7 Å². The minimum atomic E-state index is -2.89. The molecular weight excluding hydrogens is 402 g/mol. The number of benzene rings is 1. The molecule has 0 saturated carbocycles. The molecule has 5 nitrogen and oxygen atoms in total. The third-order valence-electron chi connectivity index (χ3n) is 3.99. The van der Waals surface area contributed by atoms with Gasteiger partial charge in [-0.3, -0.25) is 4.79 Å². The van der Waals surface area contributed by atoms with Crippen molar-refractivity contribution < 1.29 is 17.9 Å². The number of fused-ring (bicyclic) bond motifs is 1. The van der Waals surface area contributed by atoms with E-state index in [2.05, 4.69) is 21.2 Å². The van der Waals surface area contributed by atoms with Gasteiger partial charge in [-0.1, -0.05) is 15.9 Å². The molecule has 0 aliphatic carbocycles. The minimum Gasteiger partial charge on any atom is -0.493 e. The summed E-state index contributed by atoms with van der Waals surface area (Å²) in [5.74, 6) is 1.48. The highest BCUT2D eigenvalue weighted by molar-refractivity contribution is 9.10. The van der Waals surface area contributed by atoms with E-state index in [1.807, 2.05) is 18.2 Å². The van der Waals surface area contributed by atoms with Gasteiger partial charge in [-0.25, -0.2) is 8.42 Å². The second-order valence-corrected chi connectivity index (χ2v) is 10.2. The molecular formula is C15H18BrNO4S2. The molecule has 0 radical (unpaired) electrons. The lowest BCUT2D eigenvalue weighted by atomic mass is 10.0. The summed E-state index contributed by atoms with van der Waals surface area (Å²) in [4.78, 5) is 12.2. The van der Waals surface area contributed by atoms with Crippen LogP contribution in [0.4, 0.5) is 0 Å². The molecule has 1 aromatic carbocycles. The Balaban J connectivity index is 1.56. The van der Waals surface area contributed by atoms with Crippen LogP contribution in [0.1, 0.15) is 24.4 Å². The molecule has 1 amide bonds. The maximum absolute atomic E-state index is 12.2. The molecule has 23 heavy (non-hydrogen) atoms. The Labute approximate surface area is 148 Å². The van der Waals surface area contributed by atoms with Crippen molar-refractivity contribution in [3.63, 3.8) is 0 Å². The maximum Gasteiger partial charge on any atom is 0.230 e. The van der Waals surface area contributed by atoms with Crippen LogP contribution in [0.25, 0.3) is 0 Å². The standard InChI is InChI=1S/C15H18BrNO4S2/c16-10-1-2-14-12(7-10)13(3-5-21-14)17-15(18)8-22-11-4-6-23(19,20)9-11/h1-2,7,11,13H,3-6,8-9H2,(H,17,18). The zero-order valence-electron chi connectivity index (χ0n) is 12.5. The van der Waals surface area contributed by atoms with E-state index < -0.39 is 9.84 Å². The van der Waals surface area contributed by atoms with Gasteiger partial charge in [0, 0.05) is 21.7 Å². The van der Waals surface area contributed by atoms with Gasteiger partial charge in [-0.2, -0.15) is 0 Å². The summed E-state index contributed by atoms with van der Waals surface area (Å²) in [6.45, 7) is 0.577. The fraction of sp³-hybridized carbons (Fsp3) is 0.533. The van der Waals surface area contributed by atoms with Crippen molar-refractivity contribution in [2.45, 2.75) is 24.1 Å². The number of sulfone groups is 1. The van der Waals surface area contributed by atoms with E-state index in [4.69, 9.17) is 4.74 Å². The fourth-order valence-electron chi connectivity index (χ4n) is 2.84. The van der Waals surface area contributed by atoms with Crippen LogP contribution >= 0.6 is 27.7 Å². The molecule has 1 aromatic rings. The van der Waals surface area contributed by atoms with Gasteiger partial charge >= 0.3 is 0 Å². The fourth-order valence-corrected chi connectivity index (χ4v) is 6.67. The smallest absolute Gasteiger partial charge is 0.230 e. The summed E-state index contributed by atoms with van der Waals surface area (Å²) in [7, 11) is -2.89. The van der Waals surface area contributed by atoms with Crippen molar-refractivity contribution >= 4 is 43.4 Å². The number of rotatable bonds is 4. The predicted molar refractivity (Wildman–Crippen MR) is 94.7 cm³/mol. The lowest BCUT2D eigenvalue weighted by Gasteiger charge is -2.27. The Bertz CT molecular complexity index is 707. The summed E-state index contributed by atoms with van der Waals surface area (Å²) in [5.41, 5.74) is 0.979. The molecule has 2 aliphatic rings. The lowest BCUT2D eigenvalue weighted by molar-refractivity contribution is -0.119. The largest absolute Gasteiger partial charge is 0.493 e. The van der Waals surface area contributed by atoms with Gasteiger partial charge in [0.1, 0.15) is 5.75 Å². The summed E-state index contributed by atoms with van der Waals surface area (Å²) in [6, 6.07) is 5.72. The Hall–Kier alpha value is -0.730. The normalized spacial score (nSPS) is 25.4. The first-order valence-corrected chi connectivity index (χ1v) is 11.1. The Morgan fingerprint density at radius 1 is 1.39 bits per heavy atom. The first-order valence-electron chi connectivity index (χ1n) is 7.46. The van der Waals surface area contributed by atoms with Crippen molar-refractivity contribution in [3.8, 4) is 5.75 Å². The number of nitrogens with one attached hydrogen (secondary N) is 1. The van der Waals surface area contributed by atoms with Gasteiger partial charge in [0.25, 0.3) is 0 Å². The number of carbonyl (C=O) groups excluding carboxylic acids is 1. The summed E-state index contributed by atoms with van der Waals surface area (Å²) in [6.07, 6.45) is 1.38. The molecule has 2 unspecified atom stereocenters. The van der Waals surface area contributed by atoms with Crippen molar-refractivity contribution in [1.29, 1.82) is 0 Å². The summed E-state index contributed by atoms with van der Waals surface area (Å²) < 4.78 is 29.4. The predicted octanol–water partition coefficient (Wildman–Crippen LogP) is 2.31. The average molecular weight is 420 g/mol. The molecule has 3 rings (SSSR count). The van der Waals surface area contributed by atoms with Gasteiger partial charge in [-0.05, 0) is 24.6 Å². The highest BCUT2D eigenvalue weighted by Gasteiger charge is 2.29. The van der Waals surface area contributed by atoms with E-state index in [1.165, 1.54) is 11.8 Å². The summed E-state index contributed by atoms with van der Waals surface area (Å²) >= 11 is 4.88. The number of thioether (sulfide) groups is 1. The monoisotopic (exact) mass is 419 g/mol. The molecule has 0 bridgehead atoms. The van der Waals surface area contributed by atoms with Crippen LogP contribution in [0.15, 0.2) is 22.7 Å². The third kappa shape index (κ3) is 4.42. The topological polar surface area (TPSA) is 72.5 Å². The number of halogens is 1. The van der Waals surface area contributed by atoms with E-state index in [0.29, 0.717) is 18.8 Å². The Morgan fingerprint density at radius 3 is 2.96 bits per heavy atom. The van der Waals surface area contributed by atoms with Crippen LogP contribution < -0.4 is 10.1 Å². The number of carbonyl (C=O) groups is 1. The first kappa shape index (κ1) is 17.1. The van der Waals surface area contributed by atoms with Gasteiger partial charge in [-0.15, -0.1) is 11.8 Å². The van der Waals surface area contributed by atoms with Crippen molar-refractivity contribution in [1.82, 2.24) is 5.32 Å². The molecule has 8 heteroatoms. The Kier molecular flexibility index (Phi) is 5.22.